The van der Waals surface area contributed by atoms with Gasteiger partial charge in [0.05, 0.1) is 0 Å². The summed E-state index contributed by atoms with van der Waals surface area (Å²) in [6.45, 7) is 13.3. The Hall–Kier alpha value is -0.160. The van der Waals surface area contributed by atoms with Crippen molar-refractivity contribution in [2.75, 3.05) is 66.0 Å². The number of piperazine rings is 2. The molecule has 1 N–H and O–H groups in total. The lowest BCUT2D eigenvalue weighted by atomic mass is 10.2. The van der Waals surface area contributed by atoms with Gasteiger partial charge >= 0.3 is 0 Å². The van der Waals surface area contributed by atoms with Gasteiger partial charge in [-0.05, 0) is 14.0 Å². The Bertz CT molecular complexity index is 201. The number of rotatable bonds is 3. The van der Waals surface area contributed by atoms with E-state index in [-0.39, 0.29) is 0 Å². The minimum absolute atomic E-state index is 0.668. The molecule has 4 nitrogen and oxygen atoms in total. The van der Waals surface area contributed by atoms with Crippen LogP contribution < -0.4 is 5.32 Å². The van der Waals surface area contributed by atoms with Gasteiger partial charge in [0, 0.05) is 64.9 Å². The van der Waals surface area contributed by atoms with Crippen LogP contribution in [-0.2, 0) is 0 Å². The van der Waals surface area contributed by atoms with Crippen molar-refractivity contribution in [1.29, 1.82) is 0 Å². The normalized spacial score (nSPS) is 30.8. The summed E-state index contributed by atoms with van der Waals surface area (Å²) < 4.78 is 0. The zero-order valence-corrected chi connectivity index (χ0v) is 10.8. The van der Waals surface area contributed by atoms with Crippen LogP contribution in [0.15, 0.2) is 0 Å². The van der Waals surface area contributed by atoms with Gasteiger partial charge in [0.25, 0.3) is 0 Å². The third-order valence-corrected chi connectivity index (χ3v) is 3.78. The molecule has 0 spiro atoms. The van der Waals surface area contributed by atoms with Crippen molar-refractivity contribution < 1.29 is 0 Å². The van der Waals surface area contributed by atoms with Crippen LogP contribution in [0.3, 0.4) is 0 Å². The fourth-order valence-corrected chi connectivity index (χ4v) is 2.57. The van der Waals surface area contributed by atoms with Crippen LogP contribution in [0.2, 0.25) is 0 Å². The summed E-state index contributed by atoms with van der Waals surface area (Å²) in [5, 5.41) is 3.49. The molecule has 0 unspecified atom stereocenters. The van der Waals surface area contributed by atoms with Gasteiger partial charge in [-0.1, -0.05) is 0 Å². The monoisotopic (exact) mass is 226 g/mol. The second-order valence-corrected chi connectivity index (χ2v) is 5.30. The van der Waals surface area contributed by atoms with Gasteiger partial charge in [-0.2, -0.15) is 0 Å². The Labute approximate surface area is 99.6 Å². The topological polar surface area (TPSA) is 21.8 Å². The summed E-state index contributed by atoms with van der Waals surface area (Å²) in [4.78, 5) is 7.62. The van der Waals surface area contributed by atoms with E-state index < -0.39 is 0 Å². The van der Waals surface area contributed by atoms with Gasteiger partial charge < -0.3 is 10.2 Å². The van der Waals surface area contributed by atoms with Gasteiger partial charge in [-0.25, -0.2) is 0 Å². The van der Waals surface area contributed by atoms with Crippen molar-refractivity contribution in [3.05, 3.63) is 0 Å². The van der Waals surface area contributed by atoms with E-state index in [4.69, 9.17) is 0 Å². The van der Waals surface area contributed by atoms with Crippen LogP contribution in [-0.4, -0.2) is 86.7 Å². The molecule has 2 fully saturated rings. The van der Waals surface area contributed by atoms with Crippen LogP contribution >= 0.6 is 0 Å². The van der Waals surface area contributed by atoms with E-state index in [1.807, 2.05) is 0 Å². The van der Waals surface area contributed by atoms with Crippen LogP contribution in [0.4, 0.5) is 0 Å². The predicted octanol–water partition coefficient (Wildman–Crippen LogP) is -0.472. The number of nitrogens with one attached hydrogen (secondary N) is 1. The zero-order valence-electron chi connectivity index (χ0n) is 10.8. The molecule has 4 heteroatoms. The summed E-state index contributed by atoms with van der Waals surface area (Å²) in [7, 11) is 2.22. The Kier molecular flexibility index (Phi) is 4.58. The van der Waals surface area contributed by atoms with Crippen molar-refractivity contribution in [3.63, 3.8) is 0 Å². The highest BCUT2D eigenvalue weighted by Gasteiger charge is 2.18. The van der Waals surface area contributed by atoms with E-state index in [1.165, 1.54) is 52.4 Å². The van der Waals surface area contributed by atoms with E-state index in [0.717, 1.165) is 6.54 Å². The van der Waals surface area contributed by atoms with Crippen LogP contribution in [0.5, 0.6) is 0 Å². The number of hydrogen-bond donors (Lipinski definition) is 1. The number of hydrogen-bond acceptors (Lipinski definition) is 4. The second-order valence-electron chi connectivity index (χ2n) is 5.30. The van der Waals surface area contributed by atoms with Crippen molar-refractivity contribution in [2.45, 2.75) is 13.0 Å². The lowest BCUT2D eigenvalue weighted by molar-refractivity contribution is 0.125. The molecule has 2 aliphatic heterocycles. The molecule has 2 aliphatic rings. The molecule has 0 aromatic carbocycles. The molecule has 0 radical (unpaired) electrons. The molecule has 2 heterocycles. The number of likely N-dealkylation sites (N-methyl/N-ethyl adjacent to an activating group) is 1. The fourth-order valence-electron chi connectivity index (χ4n) is 2.57. The summed E-state index contributed by atoms with van der Waals surface area (Å²) in [5.74, 6) is 0. The molecule has 0 aromatic heterocycles. The largest absolute Gasteiger partial charge is 0.312 e. The molecular weight excluding hydrogens is 200 g/mol. The lowest BCUT2D eigenvalue weighted by Gasteiger charge is -2.36. The lowest BCUT2D eigenvalue weighted by Crippen LogP contribution is -2.52. The highest BCUT2D eigenvalue weighted by atomic mass is 15.3. The molecule has 2 rings (SSSR count). The standard InChI is InChI=1S/C12H26N4/c1-12-11-16(4-3-13-12)10-9-15-7-5-14(2)6-8-15/h12-13H,3-11H2,1-2H3/t12-/m0/s1. The quantitative estimate of drug-likeness (QED) is 0.702. The van der Waals surface area contributed by atoms with Crippen molar-refractivity contribution in [2.24, 2.45) is 0 Å². The first-order valence-electron chi connectivity index (χ1n) is 6.60. The Morgan fingerprint density at radius 3 is 2.38 bits per heavy atom. The Morgan fingerprint density at radius 2 is 1.69 bits per heavy atom. The van der Waals surface area contributed by atoms with Crippen LogP contribution in [0.1, 0.15) is 6.92 Å². The third-order valence-electron chi connectivity index (χ3n) is 3.78. The molecule has 0 bridgehead atoms. The average molecular weight is 226 g/mol. The molecule has 0 amide bonds. The van der Waals surface area contributed by atoms with Crippen LogP contribution in [0, 0.1) is 0 Å². The third kappa shape index (κ3) is 3.70. The van der Waals surface area contributed by atoms with Crippen LogP contribution in [0.25, 0.3) is 0 Å². The van der Waals surface area contributed by atoms with Gasteiger partial charge in [-0.15, -0.1) is 0 Å². The zero-order chi connectivity index (χ0) is 11.4. The summed E-state index contributed by atoms with van der Waals surface area (Å²) in [6.07, 6.45) is 0. The van der Waals surface area contributed by atoms with Gasteiger partial charge in [0.15, 0.2) is 0 Å². The minimum Gasteiger partial charge on any atom is -0.312 e. The molecule has 1 atom stereocenters. The summed E-state index contributed by atoms with van der Waals surface area (Å²) >= 11 is 0. The molecule has 0 aromatic rings. The first-order chi connectivity index (χ1) is 7.74. The summed E-state index contributed by atoms with van der Waals surface area (Å²) in [5.41, 5.74) is 0. The van der Waals surface area contributed by atoms with Crippen molar-refractivity contribution in [1.82, 2.24) is 20.0 Å². The fraction of sp³-hybridized carbons (Fsp3) is 1.00. The molecule has 0 saturated carbocycles. The van der Waals surface area contributed by atoms with E-state index in [2.05, 4.69) is 34.0 Å². The second kappa shape index (κ2) is 5.96. The van der Waals surface area contributed by atoms with E-state index >= 15 is 0 Å². The van der Waals surface area contributed by atoms with Gasteiger partial charge in [0.2, 0.25) is 0 Å². The maximum Gasteiger partial charge on any atom is 0.0167 e. The van der Waals surface area contributed by atoms with E-state index in [1.54, 1.807) is 0 Å². The minimum atomic E-state index is 0.668. The maximum absolute atomic E-state index is 3.49. The van der Waals surface area contributed by atoms with Crippen molar-refractivity contribution >= 4 is 0 Å². The highest BCUT2D eigenvalue weighted by Crippen LogP contribution is 2.02. The SMILES string of the molecule is C[C@H]1CN(CCN2CCN(C)CC2)CCN1. The first-order valence-corrected chi connectivity index (χ1v) is 6.60. The van der Waals surface area contributed by atoms with E-state index in [0.29, 0.717) is 6.04 Å². The molecule has 2 saturated heterocycles. The highest BCUT2D eigenvalue weighted by molar-refractivity contribution is 4.77. The Balaban J connectivity index is 1.63. The smallest absolute Gasteiger partial charge is 0.0167 e. The molecule has 94 valence electrons. The average Bonchev–Trinajstić information content (AvgIpc) is 2.28. The summed E-state index contributed by atoms with van der Waals surface area (Å²) in [6, 6.07) is 0.668. The number of nitrogens with zero attached hydrogens (tertiary/aromatic N) is 3. The molecular formula is C12H26N4. The molecule has 0 aliphatic carbocycles. The molecule has 16 heavy (non-hydrogen) atoms. The Morgan fingerprint density at radius 1 is 1.00 bits per heavy atom. The van der Waals surface area contributed by atoms with Crippen molar-refractivity contribution in [3.8, 4) is 0 Å². The van der Waals surface area contributed by atoms with Gasteiger partial charge in [0.1, 0.15) is 0 Å². The van der Waals surface area contributed by atoms with Gasteiger partial charge in [-0.3, -0.25) is 9.80 Å². The van der Waals surface area contributed by atoms with E-state index in [9.17, 15) is 0 Å². The predicted molar refractivity (Wildman–Crippen MR) is 67.8 cm³/mol. The maximum atomic E-state index is 3.49. The first kappa shape index (κ1) is 12.3.